The van der Waals surface area contributed by atoms with Crippen molar-refractivity contribution in [3.8, 4) is 0 Å². The number of nitrogens with one attached hydrogen (secondary N) is 2. The van der Waals surface area contributed by atoms with E-state index < -0.39 is 0 Å². The summed E-state index contributed by atoms with van der Waals surface area (Å²) in [4.78, 5) is 24.6. The zero-order valence-corrected chi connectivity index (χ0v) is 11.8. The predicted molar refractivity (Wildman–Crippen MR) is 78.3 cm³/mol. The Balaban J connectivity index is 1.73. The second-order valence-corrected chi connectivity index (χ2v) is 5.07. The zero-order valence-electron chi connectivity index (χ0n) is 11.8. The maximum absolute atomic E-state index is 11.8. The van der Waals surface area contributed by atoms with Crippen LogP contribution in [0, 0.1) is 0 Å². The molecular weight excluding hydrogens is 254 g/mol. The van der Waals surface area contributed by atoms with Gasteiger partial charge in [-0.25, -0.2) is 0 Å². The molecule has 108 valence electrons. The SMILES string of the molecule is CC(=O)Nc1ccc(CNCC(=O)N2CCCC2)cc1. The van der Waals surface area contributed by atoms with Crippen LogP contribution in [0.25, 0.3) is 0 Å². The zero-order chi connectivity index (χ0) is 14.4. The van der Waals surface area contributed by atoms with E-state index in [-0.39, 0.29) is 11.8 Å². The highest BCUT2D eigenvalue weighted by atomic mass is 16.2. The molecule has 1 fully saturated rings. The molecule has 20 heavy (non-hydrogen) atoms. The molecular formula is C15H21N3O2. The molecule has 0 atom stereocenters. The number of hydrogen-bond acceptors (Lipinski definition) is 3. The van der Waals surface area contributed by atoms with Gasteiger partial charge < -0.3 is 15.5 Å². The minimum atomic E-state index is -0.0768. The number of carbonyl (C=O) groups is 2. The van der Waals surface area contributed by atoms with E-state index in [2.05, 4.69) is 10.6 Å². The summed E-state index contributed by atoms with van der Waals surface area (Å²) in [6, 6.07) is 7.61. The number of anilines is 1. The third-order valence-corrected chi connectivity index (χ3v) is 3.34. The van der Waals surface area contributed by atoms with Crippen molar-refractivity contribution < 1.29 is 9.59 Å². The van der Waals surface area contributed by atoms with Crippen molar-refractivity contribution in [2.75, 3.05) is 25.0 Å². The van der Waals surface area contributed by atoms with Crippen LogP contribution in [-0.4, -0.2) is 36.3 Å². The minimum Gasteiger partial charge on any atom is -0.342 e. The van der Waals surface area contributed by atoms with Gasteiger partial charge in [-0.3, -0.25) is 9.59 Å². The van der Waals surface area contributed by atoms with E-state index in [0.717, 1.165) is 37.2 Å². The smallest absolute Gasteiger partial charge is 0.236 e. The standard InChI is InChI=1S/C15H21N3O2/c1-12(19)17-14-6-4-13(5-7-14)10-16-11-15(20)18-8-2-3-9-18/h4-7,16H,2-3,8-11H2,1H3,(H,17,19). The third kappa shape index (κ3) is 4.35. The van der Waals surface area contributed by atoms with Gasteiger partial charge in [0.25, 0.3) is 0 Å². The van der Waals surface area contributed by atoms with Gasteiger partial charge in [0.15, 0.2) is 0 Å². The highest BCUT2D eigenvalue weighted by molar-refractivity contribution is 5.88. The number of rotatable bonds is 5. The molecule has 1 saturated heterocycles. The van der Waals surface area contributed by atoms with Crippen molar-refractivity contribution in [3.05, 3.63) is 29.8 Å². The second-order valence-electron chi connectivity index (χ2n) is 5.07. The molecule has 0 saturated carbocycles. The summed E-state index contributed by atoms with van der Waals surface area (Å²) in [6.07, 6.45) is 2.24. The molecule has 2 amide bonds. The summed E-state index contributed by atoms with van der Waals surface area (Å²) in [5.41, 5.74) is 1.88. The fraction of sp³-hybridized carbons (Fsp3) is 0.467. The Kier molecular flexibility index (Phi) is 5.12. The van der Waals surface area contributed by atoms with E-state index in [0.29, 0.717) is 13.1 Å². The molecule has 1 aliphatic rings. The molecule has 5 heteroatoms. The van der Waals surface area contributed by atoms with Gasteiger partial charge in [-0.15, -0.1) is 0 Å². The van der Waals surface area contributed by atoms with Crippen LogP contribution in [0.5, 0.6) is 0 Å². The number of benzene rings is 1. The molecule has 0 spiro atoms. The van der Waals surface area contributed by atoms with Crippen LogP contribution in [0.2, 0.25) is 0 Å². The summed E-state index contributed by atoms with van der Waals surface area (Å²) in [7, 11) is 0. The van der Waals surface area contributed by atoms with Crippen molar-refractivity contribution in [1.82, 2.24) is 10.2 Å². The molecule has 0 aromatic heterocycles. The van der Waals surface area contributed by atoms with Gasteiger partial charge in [0.05, 0.1) is 6.54 Å². The maximum atomic E-state index is 11.8. The normalized spacial score (nSPS) is 14.3. The first-order valence-electron chi connectivity index (χ1n) is 7.00. The lowest BCUT2D eigenvalue weighted by molar-refractivity contribution is -0.129. The van der Waals surface area contributed by atoms with Crippen LogP contribution >= 0.6 is 0 Å². The molecule has 2 rings (SSSR count). The molecule has 0 radical (unpaired) electrons. The first-order valence-corrected chi connectivity index (χ1v) is 7.00. The average molecular weight is 275 g/mol. The van der Waals surface area contributed by atoms with Crippen molar-refractivity contribution in [3.63, 3.8) is 0 Å². The molecule has 2 N–H and O–H groups in total. The summed E-state index contributed by atoms with van der Waals surface area (Å²) >= 11 is 0. The number of carbonyl (C=O) groups excluding carboxylic acids is 2. The third-order valence-electron chi connectivity index (χ3n) is 3.34. The predicted octanol–water partition coefficient (Wildman–Crippen LogP) is 1.36. The molecule has 5 nitrogen and oxygen atoms in total. The van der Waals surface area contributed by atoms with Gasteiger partial charge in [0.2, 0.25) is 11.8 Å². The quantitative estimate of drug-likeness (QED) is 0.853. The van der Waals surface area contributed by atoms with E-state index in [9.17, 15) is 9.59 Å². The Bertz CT molecular complexity index is 465. The topological polar surface area (TPSA) is 61.4 Å². The lowest BCUT2D eigenvalue weighted by Crippen LogP contribution is -2.35. The van der Waals surface area contributed by atoms with Crippen molar-refractivity contribution in [1.29, 1.82) is 0 Å². The monoisotopic (exact) mass is 275 g/mol. The number of hydrogen-bond donors (Lipinski definition) is 2. The van der Waals surface area contributed by atoms with E-state index >= 15 is 0 Å². The summed E-state index contributed by atoms with van der Waals surface area (Å²) in [5.74, 6) is 0.101. The molecule has 0 unspecified atom stereocenters. The Hall–Kier alpha value is -1.88. The van der Waals surface area contributed by atoms with Gasteiger partial charge >= 0.3 is 0 Å². The largest absolute Gasteiger partial charge is 0.342 e. The Labute approximate surface area is 119 Å². The summed E-state index contributed by atoms with van der Waals surface area (Å²) in [5, 5.41) is 5.88. The molecule has 1 aromatic rings. The number of amides is 2. The van der Waals surface area contributed by atoms with Gasteiger partial charge in [-0.2, -0.15) is 0 Å². The second kappa shape index (κ2) is 7.05. The summed E-state index contributed by atoms with van der Waals surface area (Å²) < 4.78 is 0. The molecule has 0 bridgehead atoms. The van der Waals surface area contributed by atoms with Gasteiger partial charge in [0, 0.05) is 32.2 Å². The highest BCUT2D eigenvalue weighted by Crippen LogP contribution is 2.09. The van der Waals surface area contributed by atoms with E-state index in [4.69, 9.17) is 0 Å². The average Bonchev–Trinajstić information content (AvgIpc) is 2.94. The first kappa shape index (κ1) is 14.5. The first-order chi connectivity index (χ1) is 9.65. The van der Waals surface area contributed by atoms with Crippen molar-refractivity contribution in [2.24, 2.45) is 0 Å². The van der Waals surface area contributed by atoms with Gasteiger partial charge in [0.1, 0.15) is 0 Å². The Morgan fingerprint density at radius 2 is 1.80 bits per heavy atom. The Morgan fingerprint density at radius 3 is 2.40 bits per heavy atom. The van der Waals surface area contributed by atoms with Gasteiger partial charge in [-0.1, -0.05) is 12.1 Å². The maximum Gasteiger partial charge on any atom is 0.236 e. The van der Waals surface area contributed by atoms with E-state index in [1.807, 2.05) is 29.2 Å². The lowest BCUT2D eigenvalue weighted by Gasteiger charge is -2.15. The van der Waals surface area contributed by atoms with Crippen LogP contribution < -0.4 is 10.6 Å². The van der Waals surface area contributed by atoms with Crippen LogP contribution in [-0.2, 0) is 16.1 Å². The minimum absolute atomic E-state index is 0.0768. The lowest BCUT2D eigenvalue weighted by atomic mass is 10.2. The molecule has 1 aliphatic heterocycles. The Morgan fingerprint density at radius 1 is 1.15 bits per heavy atom. The fourth-order valence-corrected chi connectivity index (χ4v) is 2.30. The van der Waals surface area contributed by atoms with E-state index in [1.54, 1.807) is 0 Å². The number of likely N-dealkylation sites (tertiary alicyclic amines) is 1. The molecule has 0 aliphatic carbocycles. The van der Waals surface area contributed by atoms with Crippen LogP contribution in [0.1, 0.15) is 25.3 Å². The fourth-order valence-electron chi connectivity index (χ4n) is 2.30. The summed E-state index contributed by atoms with van der Waals surface area (Å²) in [6.45, 7) is 4.31. The van der Waals surface area contributed by atoms with Crippen LogP contribution in [0.15, 0.2) is 24.3 Å². The van der Waals surface area contributed by atoms with E-state index in [1.165, 1.54) is 6.92 Å². The molecule has 1 aromatic carbocycles. The number of nitrogens with zero attached hydrogens (tertiary/aromatic N) is 1. The van der Waals surface area contributed by atoms with Crippen LogP contribution in [0.3, 0.4) is 0 Å². The van der Waals surface area contributed by atoms with Crippen molar-refractivity contribution >= 4 is 17.5 Å². The molecule has 1 heterocycles. The van der Waals surface area contributed by atoms with Crippen molar-refractivity contribution in [2.45, 2.75) is 26.3 Å². The van der Waals surface area contributed by atoms with Crippen LogP contribution in [0.4, 0.5) is 5.69 Å². The highest BCUT2D eigenvalue weighted by Gasteiger charge is 2.16. The van der Waals surface area contributed by atoms with Gasteiger partial charge in [-0.05, 0) is 30.5 Å².